The van der Waals surface area contributed by atoms with Gasteiger partial charge in [-0.1, -0.05) is 27.7 Å². The number of carboxylic acid groups (broad SMARTS) is 1. The van der Waals surface area contributed by atoms with E-state index in [1.807, 2.05) is 32.6 Å². The van der Waals surface area contributed by atoms with E-state index in [0.29, 0.717) is 72.1 Å². The molecule has 2 aromatic rings. The summed E-state index contributed by atoms with van der Waals surface area (Å²) >= 11 is 0. The highest BCUT2D eigenvalue weighted by atomic mass is 16.5. The van der Waals surface area contributed by atoms with Crippen molar-refractivity contribution < 1.29 is 34.1 Å². The van der Waals surface area contributed by atoms with Gasteiger partial charge in [-0.25, -0.2) is 4.79 Å². The fraction of sp³-hybridized carbons (Fsp3) is 0.500. The molecule has 2 atom stereocenters. The van der Waals surface area contributed by atoms with Crippen LogP contribution in [0, 0.1) is 5.41 Å². The lowest BCUT2D eigenvalue weighted by Crippen LogP contribution is -2.32. The van der Waals surface area contributed by atoms with E-state index in [2.05, 4.69) is 5.32 Å². The molecule has 1 amide bonds. The van der Waals surface area contributed by atoms with Gasteiger partial charge in [0.15, 0.2) is 11.9 Å². The van der Waals surface area contributed by atoms with Crippen molar-refractivity contribution >= 4 is 29.2 Å². The lowest BCUT2D eigenvalue weighted by Gasteiger charge is -2.31. The van der Waals surface area contributed by atoms with Gasteiger partial charge in [0.05, 0.1) is 30.5 Å². The van der Waals surface area contributed by atoms with Crippen LogP contribution in [0.15, 0.2) is 24.3 Å². The van der Waals surface area contributed by atoms with Crippen LogP contribution in [0.3, 0.4) is 0 Å². The molecule has 0 spiro atoms. The first kappa shape index (κ1) is 31.8. The Bertz CT molecular complexity index is 1430. The lowest BCUT2D eigenvalue weighted by molar-refractivity contribution is -0.145. The van der Waals surface area contributed by atoms with Gasteiger partial charge in [0, 0.05) is 43.4 Å². The minimum absolute atomic E-state index is 0.0780. The zero-order valence-corrected chi connectivity index (χ0v) is 25.7. The highest BCUT2D eigenvalue weighted by molar-refractivity contribution is 6.08. The second kappa shape index (κ2) is 12.6. The van der Waals surface area contributed by atoms with Gasteiger partial charge in [-0.15, -0.1) is 0 Å². The molecule has 0 bridgehead atoms. The SMILES string of the molecule is CCOc1cc2c(cc1C(=O)NC)C(=N)N(CC(=O)c1cc(N3CCC(O)C3)c(OC(CC)C(=O)O)c(C(C)(C)C)c1)C2. The third-order valence-corrected chi connectivity index (χ3v) is 7.85. The third-order valence-electron chi connectivity index (χ3n) is 7.85. The number of Topliss-reactive ketones (excluding diaryl/α,β-unsaturated/α-hetero) is 1. The molecule has 43 heavy (non-hydrogen) atoms. The molecule has 2 heterocycles. The summed E-state index contributed by atoms with van der Waals surface area (Å²) in [7, 11) is 1.53. The number of nitrogens with zero attached hydrogens (tertiary/aromatic N) is 2. The number of ketones is 1. The molecular formula is C32H42N4O7. The van der Waals surface area contributed by atoms with Crippen molar-refractivity contribution in [1.29, 1.82) is 5.41 Å². The number of ether oxygens (including phenoxy) is 2. The average Bonchev–Trinajstić information content (AvgIpc) is 3.52. The zero-order chi connectivity index (χ0) is 31.6. The maximum absolute atomic E-state index is 13.9. The monoisotopic (exact) mass is 594 g/mol. The Morgan fingerprint density at radius 2 is 1.88 bits per heavy atom. The van der Waals surface area contributed by atoms with E-state index < -0.39 is 23.6 Å². The molecular weight excluding hydrogens is 552 g/mol. The highest BCUT2D eigenvalue weighted by Crippen LogP contribution is 2.42. The van der Waals surface area contributed by atoms with Crippen LogP contribution in [-0.4, -0.2) is 84.1 Å². The Kier molecular flexibility index (Phi) is 9.34. The Balaban J connectivity index is 1.71. The number of amidine groups is 1. The van der Waals surface area contributed by atoms with E-state index in [-0.39, 0.29) is 30.5 Å². The number of anilines is 1. The number of β-amino-alcohol motifs (C(OH)–C–C–N with tert-alkyl or cyclic N) is 1. The first-order valence-corrected chi connectivity index (χ1v) is 14.7. The van der Waals surface area contributed by atoms with Crippen molar-refractivity contribution in [2.24, 2.45) is 0 Å². The maximum Gasteiger partial charge on any atom is 0.344 e. The summed E-state index contributed by atoms with van der Waals surface area (Å²) in [5.74, 6) is -0.650. The molecule has 2 unspecified atom stereocenters. The summed E-state index contributed by atoms with van der Waals surface area (Å²) < 4.78 is 11.8. The van der Waals surface area contributed by atoms with E-state index in [4.69, 9.17) is 14.9 Å². The van der Waals surface area contributed by atoms with Crippen molar-refractivity contribution in [2.45, 2.75) is 71.6 Å². The van der Waals surface area contributed by atoms with Crippen LogP contribution in [-0.2, 0) is 16.8 Å². The van der Waals surface area contributed by atoms with Gasteiger partial charge in [-0.2, -0.15) is 0 Å². The summed E-state index contributed by atoms with van der Waals surface area (Å²) in [6, 6.07) is 6.87. The molecule has 0 radical (unpaired) electrons. The van der Waals surface area contributed by atoms with Crippen molar-refractivity contribution in [3.05, 3.63) is 52.1 Å². The summed E-state index contributed by atoms with van der Waals surface area (Å²) in [4.78, 5) is 41.9. The molecule has 0 saturated carbocycles. The number of hydrogen-bond acceptors (Lipinski definition) is 8. The van der Waals surface area contributed by atoms with Crippen LogP contribution in [0.4, 0.5) is 5.69 Å². The number of aliphatic hydroxyl groups excluding tert-OH is 1. The zero-order valence-electron chi connectivity index (χ0n) is 25.7. The Hall–Kier alpha value is -4.12. The minimum Gasteiger partial charge on any atom is -0.493 e. The summed E-state index contributed by atoms with van der Waals surface area (Å²) in [5.41, 5.74) is 2.85. The predicted molar refractivity (Wildman–Crippen MR) is 163 cm³/mol. The number of carbonyl (C=O) groups is 3. The Morgan fingerprint density at radius 3 is 2.44 bits per heavy atom. The normalized spacial score (nSPS) is 17.1. The standard InChI is InChI=1S/C32H42N4O7/c1-7-26(31(40)41)43-28-23(32(3,4)5)11-18(12-24(28)35-10-9-20(37)16-35)25(38)17-36-15-19-13-27(42-8-2)22(30(39)34-6)14-21(19)29(36)33/h11-14,20,26,33,37H,7-10,15-17H2,1-6H3,(H,34,39)(H,40,41). The Labute approximate surface area is 252 Å². The molecule has 11 heteroatoms. The van der Waals surface area contributed by atoms with Gasteiger partial charge in [-0.3, -0.25) is 15.0 Å². The van der Waals surface area contributed by atoms with Gasteiger partial charge < -0.3 is 34.8 Å². The highest BCUT2D eigenvalue weighted by Gasteiger charge is 2.34. The van der Waals surface area contributed by atoms with Gasteiger partial charge in [-0.05, 0) is 55.0 Å². The van der Waals surface area contributed by atoms with E-state index in [1.165, 1.54) is 7.05 Å². The van der Waals surface area contributed by atoms with E-state index in [0.717, 1.165) is 5.56 Å². The smallest absolute Gasteiger partial charge is 0.344 e. The van der Waals surface area contributed by atoms with Gasteiger partial charge >= 0.3 is 5.97 Å². The summed E-state index contributed by atoms with van der Waals surface area (Å²) in [6.45, 7) is 11.0. The Morgan fingerprint density at radius 1 is 1.16 bits per heavy atom. The molecule has 11 nitrogen and oxygen atoms in total. The number of carbonyl (C=O) groups excluding carboxylic acids is 2. The number of aliphatic carboxylic acids is 1. The molecule has 4 N–H and O–H groups in total. The number of carboxylic acids is 1. The fourth-order valence-corrected chi connectivity index (χ4v) is 5.52. The van der Waals surface area contributed by atoms with Crippen molar-refractivity contribution in [1.82, 2.24) is 10.2 Å². The van der Waals surface area contributed by atoms with Crippen molar-refractivity contribution in [3.63, 3.8) is 0 Å². The first-order chi connectivity index (χ1) is 20.3. The van der Waals surface area contributed by atoms with Gasteiger partial charge in [0.2, 0.25) is 0 Å². The molecule has 0 aromatic heterocycles. The molecule has 0 aliphatic carbocycles. The largest absolute Gasteiger partial charge is 0.493 e. The van der Waals surface area contributed by atoms with Crippen LogP contribution < -0.4 is 19.7 Å². The second-order valence-corrected chi connectivity index (χ2v) is 12.0. The quantitative estimate of drug-likeness (QED) is 0.286. The van der Waals surface area contributed by atoms with Gasteiger partial charge in [0.1, 0.15) is 17.3 Å². The number of fused-ring (bicyclic) bond motifs is 1. The van der Waals surface area contributed by atoms with Gasteiger partial charge in [0.25, 0.3) is 5.91 Å². The maximum atomic E-state index is 13.9. The van der Waals surface area contributed by atoms with E-state index in [9.17, 15) is 24.6 Å². The average molecular weight is 595 g/mol. The van der Waals surface area contributed by atoms with Crippen molar-refractivity contribution in [2.75, 3.05) is 38.2 Å². The number of nitrogens with one attached hydrogen (secondary N) is 2. The predicted octanol–water partition coefficient (Wildman–Crippen LogP) is 3.58. The number of hydrogen-bond donors (Lipinski definition) is 4. The first-order valence-electron chi connectivity index (χ1n) is 14.7. The topological polar surface area (TPSA) is 152 Å². The number of aliphatic hydroxyl groups is 1. The molecule has 232 valence electrons. The molecule has 4 rings (SSSR count). The summed E-state index contributed by atoms with van der Waals surface area (Å²) in [6.07, 6.45) is -0.814. The fourth-order valence-electron chi connectivity index (χ4n) is 5.52. The van der Waals surface area contributed by atoms with Crippen LogP contribution in [0.2, 0.25) is 0 Å². The number of benzene rings is 2. The molecule has 1 saturated heterocycles. The third kappa shape index (κ3) is 6.61. The number of rotatable bonds is 11. The van der Waals surface area contributed by atoms with Crippen molar-refractivity contribution in [3.8, 4) is 11.5 Å². The molecule has 2 aromatic carbocycles. The minimum atomic E-state index is -1.07. The van der Waals surface area contributed by atoms with E-state index >= 15 is 0 Å². The molecule has 2 aliphatic rings. The molecule has 2 aliphatic heterocycles. The van der Waals surface area contributed by atoms with Crippen LogP contribution in [0.25, 0.3) is 0 Å². The second-order valence-electron chi connectivity index (χ2n) is 12.0. The summed E-state index contributed by atoms with van der Waals surface area (Å²) in [5, 5.41) is 31.5. The number of amides is 1. The van der Waals surface area contributed by atoms with Crippen LogP contribution in [0.5, 0.6) is 11.5 Å². The van der Waals surface area contributed by atoms with E-state index in [1.54, 1.807) is 36.1 Å². The lowest BCUT2D eigenvalue weighted by atomic mass is 9.84. The molecule has 1 fully saturated rings. The van der Waals surface area contributed by atoms with Crippen LogP contribution >= 0.6 is 0 Å². The van der Waals surface area contributed by atoms with Crippen LogP contribution in [0.1, 0.15) is 84.9 Å².